The van der Waals surface area contributed by atoms with Gasteiger partial charge in [0, 0.05) is 15.7 Å². The molecule has 0 atom stereocenters. The molecular formula is C16H15BrN2O. The number of nitrogens with one attached hydrogen (secondary N) is 1. The molecule has 0 aliphatic carbocycles. The zero-order chi connectivity index (χ0) is 14.7. The summed E-state index contributed by atoms with van der Waals surface area (Å²) in [7, 11) is 0. The number of halogens is 1. The number of hydrogen-bond donors (Lipinski definition) is 2. The van der Waals surface area contributed by atoms with Gasteiger partial charge in [-0.05, 0) is 30.7 Å². The van der Waals surface area contributed by atoms with Gasteiger partial charge in [0.1, 0.15) is 0 Å². The van der Waals surface area contributed by atoms with Crippen molar-refractivity contribution in [2.24, 2.45) is 5.73 Å². The largest absolute Gasteiger partial charge is 0.398 e. The minimum atomic E-state index is -0.185. The Bertz CT molecular complexity index is 669. The lowest BCUT2D eigenvalue weighted by Crippen LogP contribution is -2.11. The normalized spacial score (nSPS) is 17.1. The van der Waals surface area contributed by atoms with Gasteiger partial charge in [0.05, 0.1) is 11.3 Å². The van der Waals surface area contributed by atoms with Gasteiger partial charge in [-0.2, -0.15) is 0 Å². The number of allylic oxidation sites excluding steroid dienone is 4. The van der Waals surface area contributed by atoms with E-state index in [4.69, 9.17) is 5.73 Å². The van der Waals surface area contributed by atoms with Crippen molar-refractivity contribution in [3.8, 4) is 0 Å². The Hall–Kier alpha value is -2.07. The van der Waals surface area contributed by atoms with Gasteiger partial charge in [0.2, 0.25) is 0 Å². The molecule has 1 aromatic carbocycles. The molecule has 0 radical (unpaired) electrons. The fraction of sp³-hybridized carbons (Fsp3) is 0.0625. The van der Waals surface area contributed by atoms with Gasteiger partial charge in [-0.3, -0.25) is 4.79 Å². The molecule has 3 N–H and O–H groups in total. The second-order valence-corrected chi connectivity index (χ2v) is 5.21. The lowest BCUT2D eigenvalue weighted by Gasteiger charge is -2.07. The third-order valence-electron chi connectivity index (χ3n) is 2.95. The van der Waals surface area contributed by atoms with Crippen LogP contribution in [0, 0.1) is 0 Å². The monoisotopic (exact) mass is 330 g/mol. The van der Waals surface area contributed by atoms with E-state index in [1.54, 1.807) is 12.2 Å². The Morgan fingerprint density at radius 3 is 2.85 bits per heavy atom. The smallest absolute Gasteiger partial charge is 0.258 e. The van der Waals surface area contributed by atoms with E-state index in [2.05, 4.69) is 27.8 Å². The van der Waals surface area contributed by atoms with Crippen molar-refractivity contribution in [1.82, 2.24) is 0 Å². The molecule has 0 unspecified atom stereocenters. The maximum atomic E-state index is 12.2. The van der Waals surface area contributed by atoms with Crippen LogP contribution in [0.4, 0.5) is 5.69 Å². The molecule has 0 saturated carbocycles. The fourth-order valence-corrected chi connectivity index (χ4v) is 2.45. The summed E-state index contributed by atoms with van der Waals surface area (Å²) in [5.74, 6) is -0.185. The molecule has 0 spiro atoms. The van der Waals surface area contributed by atoms with E-state index in [-0.39, 0.29) is 5.91 Å². The molecular weight excluding hydrogens is 316 g/mol. The number of carbonyl (C=O) groups is 1. The van der Waals surface area contributed by atoms with Crippen LogP contribution in [0.2, 0.25) is 0 Å². The van der Waals surface area contributed by atoms with Crippen LogP contribution in [-0.2, 0) is 4.79 Å². The molecule has 1 amide bonds. The standard InChI is InChI=1S/C16H15BrN2O/c1-3-5-10(6-4-2)15(18)14-12-9-11(17)7-8-13(12)19-16(14)20/h3-9H,1,18H2,2H3,(H,19,20)/b6-4-,10-5+,15-14-. The molecule has 20 heavy (non-hydrogen) atoms. The van der Waals surface area contributed by atoms with Crippen LogP contribution in [0.5, 0.6) is 0 Å². The molecule has 1 aliphatic heterocycles. The van der Waals surface area contributed by atoms with Crippen molar-refractivity contribution in [1.29, 1.82) is 0 Å². The SMILES string of the molecule is C=C/C=C(\C=C/C)C(/N)=C1/C(=O)Nc2ccc(Br)cc21. The van der Waals surface area contributed by atoms with E-state index in [1.165, 1.54) is 0 Å². The molecule has 0 fully saturated rings. The molecule has 4 heteroatoms. The summed E-state index contributed by atoms with van der Waals surface area (Å²) in [5, 5.41) is 2.82. The zero-order valence-corrected chi connectivity index (χ0v) is 12.7. The van der Waals surface area contributed by atoms with Gasteiger partial charge >= 0.3 is 0 Å². The summed E-state index contributed by atoms with van der Waals surface area (Å²) in [4.78, 5) is 12.2. The van der Waals surface area contributed by atoms with E-state index >= 15 is 0 Å². The molecule has 0 bridgehead atoms. The van der Waals surface area contributed by atoms with E-state index in [9.17, 15) is 4.79 Å². The first kappa shape index (κ1) is 14.3. The van der Waals surface area contributed by atoms with E-state index in [0.29, 0.717) is 11.3 Å². The summed E-state index contributed by atoms with van der Waals surface area (Å²) >= 11 is 3.41. The van der Waals surface area contributed by atoms with E-state index < -0.39 is 0 Å². The molecule has 2 rings (SSSR count). The average molecular weight is 331 g/mol. The average Bonchev–Trinajstić information content (AvgIpc) is 2.73. The van der Waals surface area contributed by atoms with E-state index in [1.807, 2.05) is 37.3 Å². The summed E-state index contributed by atoms with van der Waals surface area (Å²) in [6, 6.07) is 5.62. The van der Waals surface area contributed by atoms with Crippen molar-refractivity contribution in [3.63, 3.8) is 0 Å². The number of hydrogen-bond acceptors (Lipinski definition) is 2. The molecule has 1 aromatic rings. The van der Waals surface area contributed by atoms with Gasteiger partial charge < -0.3 is 11.1 Å². The van der Waals surface area contributed by atoms with Gasteiger partial charge in [-0.25, -0.2) is 0 Å². The highest BCUT2D eigenvalue weighted by molar-refractivity contribution is 9.10. The topological polar surface area (TPSA) is 55.1 Å². The third kappa shape index (κ3) is 2.60. The van der Waals surface area contributed by atoms with E-state index in [0.717, 1.165) is 21.3 Å². The number of nitrogens with two attached hydrogens (primary N) is 1. The highest BCUT2D eigenvalue weighted by atomic mass is 79.9. The van der Waals surface area contributed by atoms with Crippen LogP contribution < -0.4 is 11.1 Å². The number of fused-ring (bicyclic) bond motifs is 1. The maximum absolute atomic E-state index is 12.2. The van der Waals surface area contributed by atoms with Crippen molar-refractivity contribution < 1.29 is 4.79 Å². The first-order valence-electron chi connectivity index (χ1n) is 6.15. The Balaban J connectivity index is 2.64. The summed E-state index contributed by atoms with van der Waals surface area (Å²) in [5.41, 5.74) is 9.47. The van der Waals surface area contributed by atoms with Gasteiger partial charge in [-0.15, -0.1) is 0 Å². The Labute approximate surface area is 126 Å². The molecule has 0 aromatic heterocycles. The molecule has 102 valence electrons. The first-order valence-corrected chi connectivity index (χ1v) is 6.94. The minimum absolute atomic E-state index is 0.185. The Kier molecular flexibility index (Phi) is 4.25. The number of rotatable bonds is 3. The van der Waals surface area contributed by atoms with Crippen LogP contribution in [0.3, 0.4) is 0 Å². The second-order valence-electron chi connectivity index (χ2n) is 4.29. The van der Waals surface area contributed by atoms with Crippen LogP contribution in [0.25, 0.3) is 5.57 Å². The van der Waals surface area contributed by atoms with Gasteiger partial charge in [-0.1, -0.05) is 46.8 Å². The van der Waals surface area contributed by atoms with Crippen LogP contribution >= 0.6 is 15.9 Å². The Morgan fingerprint density at radius 2 is 2.20 bits per heavy atom. The highest BCUT2D eigenvalue weighted by Gasteiger charge is 2.27. The summed E-state index contributed by atoms with van der Waals surface area (Å²) in [6.07, 6.45) is 7.16. The highest BCUT2D eigenvalue weighted by Crippen LogP contribution is 2.36. The lowest BCUT2D eigenvalue weighted by molar-refractivity contribution is -0.110. The quantitative estimate of drug-likeness (QED) is 0.654. The predicted octanol–water partition coefficient (Wildman–Crippen LogP) is 3.76. The minimum Gasteiger partial charge on any atom is -0.398 e. The number of amides is 1. The van der Waals surface area contributed by atoms with Crippen molar-refractivity contribution in [2.75, 3.05) is 5.32 Å². The second kappa shape index (κ2) is 5.92. The fourth-order valence-electron chi connectivity index (χ4n) is 2.09. The predicted molar refractivity (Wildman–Crippen MR) is 87.0 cm³/mol. The first-order chi connectivity index (χ1) is 9.58. The van der Waals surface area contributed by atoms with Crippen LogP contribution in [0.1, 0.15) is 12.5 Å². The molecule has 1 heterocycles. The van der Waals surface area contributed by atoms with Crippen molar-refractivity contribution in [2.45, 2.75) is 6.92 Å². The summed E-state index contributed by atoms with van der Waals surface area (Å²) in [6.45, 7) is 5.57. The number of carbonyl (C=O) groups excluding carboxylic acids is 1. The number of benzene rings is 1. The number of anilines is 1. The van der Waals surface area contributed by atoms with Gasteiger partial charge in [0.25, 0.3) is 5.91 Å². The lowest BCUT2D eigenvalue weighted by atomic mass is 10.0. The molecule has 3 nitrogen and oxygen atoms in total. The van der Waals surface area contributed by atoms with Crippen molar-refractivity contribution in [3.05, 3.63) is 70.4 Å². The van der Waals surface area contributed by atoms with Gasteiger partial charge in [0.15, 0.2) is 0 Å². The maximum Gasteiger partial charge on any atom is 0.258 e. The summed E-state index contributed by atoms with van der Waals surface area (Å²) < 4.78 is 0.901. The molecule has 0 saturated heterocycles. The third-order valence-corrected chi connectivity index (χ3v) is 3.44. The van der Waals surface area contributed by atoms with Crippen LogP contribution in [0.15, 0.2) is 64.8 Å². The zero-order valence-electron chi connectivity index (χ0n) is 11.1. The molecule has 1 aliphatic rings. The van der Waals surface area contributed by atoms with Crippen molar-refractivity contribution >= 4 is 33.1 Å². The Morgan fingerprint density at radius 1 is 1.45 bits per heavy atom. The van der Waals surface area contributed by atoms with Crippen LogP contribution in [-0.4, -0.2) is 5.91 Å².